The average Bonchev–Trinajstić information content (AvgIpc) is 2.38. The summed E-state index contributed by atoms with van der Waals surface area (Å²) in [5.41, 5.74) is 1.00. The van der Waals surface area contributed by atoms with E-state index in [0.717, 1.165) is 18.7 Å². The molecule has 0 radical (unpaired) electrons. The number of carbonyl (C=O) groups excluding carboxylic acids is 1. The molecule has 0 bridgehead atoms. The number of rotatable bonds is 4. The number of amides is 1. The summed E-state index contributed by atoms with van der Waals surface area (Å²) in [4.78, 5) is 11.7. The van der Waals surface area contributed by atoms with E-state index in [1.54, 1.807) is 0 Å². The third-order valence-electron chi connectivity index (χ3n) is 2.81. The lowest BCUT2D eigenvalue weighted by atomic mass is 10.2. The molecule has 1 heterocycles. The molecule has 0 saturated carbocycles. The monoisotopic (exact) mass is 304 g/mol. The average molecular weight is 305 g/mol. The molecule has 1 atom stereocenters. The van der Waals surface area contributed by atoms with Gasteiger partial charge in [-0.15, -0.1) is 12.4 Å². The molecule has 0 spiro atoms. The van der Waals surface area contributed by atoms with E-state index in [1.807, 2.05) is 24.3 Å². The van der Waals surface area contributed by atoms with Gasteiger partial charge in [0.2, 0.25) is 5.91 Å². The Bertz CT molecular complexity index is 409. The third kappa shape index (κ3) is 5.78. The number of carbonyl (C=O) groups is 1. The molecular weight excluding hydrogens is 287 g/mol. The van der Waals surface area contributed by atoms with Crippen LogP contribution >= 0.6 is 24.0 Å². The van der Waals surface area contributed by atoms with Crippen LogP contribution in [-0.2, 0) is 16.1 Å². The maximum absolute atomic E-state index is 11.7. The molecule has 19 heavy (non-hydrogen) atoms. The van der Waals surface area contributed by atoms with Crippen molar-refractivity contribution in [2.75, 3.05) is 19.8 Å². The summed E-state index contributed by atoms with van der Waals surface area (Å²) in [5.74, 6) is 0.0259. The molecule has 2 N–H and O–H groups in total. The van der Waals surface area contributed by atoms with E-state index >= 15 is 0 Å². The lowest BCUT2D eigenvalue weighted by Gasteiger charge is -2.23. The molecule has 1 aliphatic heterocycles. The first-order valence-corrected chi connectivity index (χ1v) is 6.44. The van der Waals surface area contributed by atoms with Crippen LogP contribution in [0.5, 0.6) is 0 Å². The lowest BCUT2D eigenvalue weighted by molar-refractivity contribution is -0.122. The van der Waals surface area contributed by atoms with Crippen LogP contribution in [0.25, 0.3) is 0 Å². The number of nitrogens with one attached hydrogen (secondary N) is 2. The van der Waals surface area contributed by atoms with E-state index in [4.69, 9.17) is 16.3 Å². The van der Waals surface area contributed by atoms with Gasteiger partial charge >= 0.3 is 0 Å². The third-order valence-corrected chi connectivity index (χ3v) is 3.04. The SMILES string of the molecule is Cl.O=C(CC1COCCN1)NCc1cccc(Cl)c1. The number of ether oxygens (including phenoxy) is 1. The Morgan fingerprint density at radius 3 is 3.05 bits per heavy atom. The molecule has 0 aromatic heterocycles. The summed E-state index contributed by atoms with van der Waals surface area (Å²) in [6.07, 6.45) is 0.445. The molecule has 1 aromatic carbocycles. The van der Waals surface area contributed by atoms with E-state index < -0.39 is 0 Å². The fraction of sp³-hybridized carbons (Fsp3) is 0.462. The first kappa shape index (κ1) is 16.2. The van der Waals surface area contributed by atoms with Gasteiger partial charge in [-0.25, -0.2) is 0 Å². The Labute approximate surface area is 124 Å². The molecule has 1 aromatic rings. The Hall–Kier alpha value is -0.810. The molecular formula is C13H18Cl2N2O2. The van der Waals surface area contributed by atoms with Crippen molar-refractivity contribution in [1.29, 1.82) is 0 Å². The van der Waals surface area contributed by atoms with Gasteiger partial charge in [0.25, 0.3) is 0 Å². The van der Waals surface area contributed by atoms with Crippen LogP contribution < -0.4 is 10.6 Å². The summed E-state index contributed by atoms with van der Waals surface area (Å²) in [6, 6.07) is 7.60. The fourth-order valence-electron chi connectivity index (χ4n) is 1.89. The summed E-state index contributed by atoms with van der Waals surface area (Å²) >= 11 is 5.88. The highest BCUT2D eigenvalue weighted by Gasteiger charge is 2.16. The summed E-state index contributed by atoms with van der Waals surface area (Å²) in [5, 5.41) is 6.82. The minimum absolute atomic E-state index is 0. The van der Waals surface area contributed by atoms with Crippen LogP contribution in [0.1, 0.15) is 12.0 Å². The summed E-state index contributed by atoms with van der Waals surface area (Å²) in [7, 11) is 0. The fourth-order valence-corrected chi connectivity index (χ4v) is 2.11. The second-order valence-electron chi connectivity index (χ2n) is 4.34. The van der Waals surface area contributed by atoms with Crippen LogP contribution in [0, 0.1) is 0 Å². The van der Waals surface area contributed by atoms with E-state index in [9.17, 15) is 4.79 Å². The number of halogens is 2. The van der Waals surface area contributed by atoms with Crippen molar-refractivity contribution in [2.45, 2.75) is 19.0 Å². The van der Waals surface area contributed by atoms with Gasteiger partial charge in [0.15, 0.2) is 0 Å². The van der Waals surface area contributed by atoms with E-state index in [-0.39, 0.29) is 24.4 Å². The Kier molecular flexibility index (Phi) is 7.16. The molecule has 0 aliphatic carbocycles. The number of hydrogen-bond donors (Lipinski definition) is 2. The largest absolute Gasteiger partial charge is 0.378 e. The molecule has 6 heteroatoms. The summed E-state index contributed by atoms with van der Waals surface area (Å²) in [6.45, 7) is 2.64. The van der Waals surface area contributed by atoms with Crippen molar-refractivity contribution in [3.05, 3.63) is 34.9 Å². The Balaban J connectivity index is 0.00000180. The smallest absolute Gasteiger partial charge is 0.221 e. The topological polar surface area (TPSA) is 50.4 Å². The van der Waals surface area contributed by atoms with Crippen molar-refractivity contribution in [2.24, 2.45) is 0 Å². The van der Waals surface area contributed by atoms with Crippen molar-refractivity contribution in [3.63, 3.8) is 0 Å². The van der Waals surface area contributed by atoms with Gasteiger partial charge in [-0.3, -0.25) is 4.79 Å². The maximum atomic E-state index is 11.7. The van der Waals surface area contributed by atoms with E-state index in [2.05, 4.69) is 10.6 Å². The maximum Gasteiger partial charge on any atom is 0.221 e. The normalized spacial score (nSPS) is 18.5. The van der Waals surface area contributed by atoms with Gasteiger partial charge in [-0.2, -0.15) is 0 Å². The van der Waals surface area contributed by atoms with Crippen LogP contribution in [0.3, 0.4) is 0 Å². The molecule has 106 valence electrons. The van der Waals surface area contributed by atoms with Gasteiger partial charge in [0, 0.05) is 30.6 Å². The van der Waals surface area contributed by atoms with Gasteiger partial charge in [-0.05, 0) is 17.7 Å². The first-order chi connectivity index (χ1) is 8.74. The highest BCUT2D eigenvalue weighted by molar-refractivity contribution is 6.30. The zero-order chi connectivity index (χ0) is 12.8. The molecule has 1 unspecified atom stereocenters. The van der Waals surface area contributed by atoms with Crippen LogP contribution in [-0.4, -0.2) is 31.7 Å². The Morgan fingerprint density at radius 2 is 2.37 bits per heavy atom. The Morgan fingerprint density at radius 1 is 1.53 bits per heavy atom. The zero-order valence-corrected chi connectivity index (χ0v) is 12.1. The van der Waals surface area contributed by atoms with Crippen molar-refractivity contribution >= 4 is 29.9 Å². The van der Waals surface area contributed by atoms with Gasteiger partial charge in [-0.1, -0.05) is 23.7 Å². The quantitative estimate of drug-likeness (QED) is 0.891. The minimum atomic E-state index is 0. The van der Waals surface area contributed by atoms with Gasteiger partial charge in [0.1, 0.15) is 0 Å². The first-order valence-electron chi connectivity index (χ1n) is 6.06. The number of morpholine rings is 1. The standard InChI is InChI=1S/C13H17ClN2O2.ClH/c14-11-3-1-2-10(6-11)8-16-13(17)7-12-9-18-5-4-15-12;/h1-3,6,12,15H,4-5,7-9H2,(H,16,17);1H. The van der Waals surface area contributed by atoms with E-state index in [1.165, 1.54) is 0 Å². The molecule has 1 fully saturated rings. The predicted octanol–water partition coefficient (Wildman–Crippen LogP) is 1.76. The van der Waals surface area contributed by atoms with Crippen LogP contribution in [0.15, 0.2) is 24.3 Å². The molecule has 2 rings (SSSR count). The molecule has 1 saturated heterocycles. The minimum Gasteiger partial charge on any atom is -0.378 e. The van der Waals surface area contributed by atoms with E-state index in [0.29, 0.717) is 24.6 Å². The van der Waals surface area contributed by atoms with Crippen molar-refractivity contribution < 1.29 is 9.53 Å². The zero-order valence-electron chi connectivity index (χ0n) is 10.5. The number of benzene rings is 1. The highest BCUT2D eigenvalue weighted by Crippen LogP contribution is 2.10. The number of hydrogen-bond acceptors (Lipinski definition) is 3. The second kappa shape index (κ2) is 8.38. The van der Waals surface area contributed by atoms with Gasteiger partial charge in [0.05, 0.1) is 13.2 Å². The van der Waals surface area contributed by atoms with Crippen molar-refractivity contribution in [1.82, 2.24) is 10.6 Å². The van der Waals surface area contributed by atoms with Crippen LogP contribution in [0.4, 0.5) is 0 Å². The van der Waals surface area contributed by atoms with Crippen LogP contribution in [0.2, 0.25) is 5.02 Å². The second-order valence-corrected chi connectivity index (χ2v) is 4.77. The highest BCUT2D eigenvalue weighted by atomic mass is 35.5. The van der Waals surface area contributed by atoms with Crippen molar-refractivity contribution in [3.8, 4) is 0 Å². The van der Waals surface area contributed by atoms with Gasteiger partial charge < -0.3 is 15.4 Å². The summed E-state index contributed by atoms with van der Waals surface area (Å²) < 4.78 is 5.30. The molecule has 4 nitrogen and oxygen atoms in total. The lowest BCUT2D eigenvalue weighted by Crippen LogP contribution is -2.44. The molecule has 1 amide bonds. The molecule has 1 aliphatic rings. The predicted molar refractivity (Wildman–Crippen MR) is 77.8 cm³/mol.